The number of aromatic amines is 1. The molecule has 3 heterocycles. The number of hydrogen-bond donors (Lipinski definition) is 3. The fourth-order valence-electron chi connectivity index (χ4n) is 5.63. The van der Waals surface area contributed by atoms with E-state index in [0.29, 0.717) is 23.1 Å². The van der Waals surface area contributed by atoms with Crippen LogP contribution in [0.5, 0.6) is 5.75 Å². The van der Waals surface area contributed by atoms with Crippen LogP contribution in [0, 0.1) is 5.41 Å². The summed E-state index contributed by atoms with van der Waals surface area (Å²) < 4.78 is 0. The van der Waals surface area contributed by atoms with Crippen LogP contribution in [0.2, 0.25) is 0 Å². The second-order valence-electron chi connectivity index (χ2n) is 9.19. The summed E-state index contributed by atoms with van der Waals surface area (Å²) in [5.41, 5.74) is 3.36. The standard InChI is InChI=1S/C23H27N3O4.ClH/c1-25-9-7-23(12-25)8-10-26(13-23)15-5-6-16-14(11-15)3-2-4-17-19(16)24-21(28)18(20(17)27)22(29)30;/h5-6,11H,2-4,7-10,12-13H2,1H3,(H,29,30)(H2,24,27,28);1H. The second kappa shape index (κ2) is 7.88. The van der Waals surface area contributed by atoms with E-state index >= 15 is 0 Å². The molecule has 1 aliphatic carbocycles. The summed E-state index contributed by atoms with van der Waals surface area (Å²) in [5, 5.41) is 19.8. The van der Waals surface area contributed by atoms with Gasteiger partial charge in [-0.3, -0.25) is 4.79 Å². The maximum absolute atomic E-state index is 12.3. The molecule has 31 heavy (non-hydrogen) atoms. The topological polar surface area (TPSA) is 96.9 Å². The molecule has 0 bridgehead atoms. The molecule has 1 unspecified atom stereocenters. The highest BCUT2D eigenvalue weighted by Crippen LogP contribution is 2.42. The van der Waals surface area contributed by atoms with Gasteiger partial charge in [0.25, 0.3) is 5.56 Å². The van der Waals surface area contributed by atoms with E-state index in [1.165, 1.54) is 25.1 Å². The Labute approximate surface area is 187 Å². The van der Waals surface area contributed by atoms with E-state index in [1.54, 1.807) is 0 Å². The average molecular weight is 446 g/mol. The van der Waals surface area contributed by atoms with Gasteiger partial charge in [-0.15, -0.1) is 12.4 Å². The Balaban J connectivity index is 0.00000231. The van der Waals surface area contributed by atoms with Gasteiger partial charge in [-0.1, -0.05) is 6.07 Å². The van der Waals surface area contributed by atoms with E-state index in [-0.39, 0.29) is 12.4 Å². The molecule has 1 atom stereocenters. The van der Waals surface area contributed by atoms with Crippen LogP contribution in [0.1, 0.15) is 40.7 Å². The van der Waals surface area contributed by atoms with Gasteiger partial charge in [-0.2, -0.15) is 0 Å². The predicted octanol–water partition coefficient (Wildman–Crippen LogP) is 2.89. The number of carboxylic acids is 1. The predicted molar refractivity (Wildman–Crippen MR) is 122 cm³/mol. The Morgan fingerprint density at radius 3 is 2.65 bits per heavy atom. The minimum absolute atomic E-state index is 0. The number of aromatic hydroxyl groups is 1. The highest BCUT2D eigenvalue weighted by Gasteiger charge is 2.42. The molecule has 3 aliphatic rings. The van der Waals surface area contributed by atoms with E-state index in [0.717, 1.165) is 43.6 Å². The van der Waals surface area contributed by atoms with Gasteiger partial charge in [0.2, 0.25) is 0 Å². The van der Waals surface area contributed by atoms with Gasteiger partial charge in [0, 0.05) is 41.9 Å². The average Bonchev–Trinajstić information content (AvgIpc) is 3.23. The summed E-state index contributed by atoms with van der Waals surface area (Å²) in [6.07, 6.45) is 4.61. The number of aromatic nitrogens is 1. The molecule has 0 amide bonds. The summed E-state index contributed by atoms with van der Waals surface area (Å²) >= 11 is 0. The summed E-state index contributed by atoms with van der Waals surface area (Å²) in [6, 6.07) is 6.31. The lowest BCUT2D eigenvalue weighted by molar-refractivity contribution is 0.0691. The molecule has 3 N–H and O–H groups in total. The van der Waals surface area contributed by atoms with Crippen LogP contribution in [-0.2, 0) is 12.8 Å². The lowest BCUT2D eigenvalue weighted by Crippen LogP contribution is -2.29. The van der Waals surface area contributed by atoms with Crippen LogP contribution in [0.15, 0.2) is 23.0 Å². The number of carbonyl (C=O) groups is 1. The van der Waals surface area contributed by atoms with Crippen molar-refractivity contribution in [1.29, 1.82) is 0 Å². The Kier molecular flexibility index (Phi) is 5.52. The number of pyridine rings is 1. The Hall–Kier alpha value is -2.51. The molecule has 1 aromatic carbocycles. The third-order valence-corrected chi connectivity index (χ3v) is 7.17. The summed E-state index contributed by atoms with van der Waals surface area (Å²) in [4.78, 5) is 31.3. The molecular weight excluding hydrogens is 418 g/mol. The third-order valence-electron chi connectivity index (χ3n) is 7.17. The van der Waals surface area contributed by atoms with Gasteiger partial charge in [0.05, 0.1) is 5.69 Å². The molecule has 2 aliphatic heterocycles. The second-order valence-corrected chi connectivity index (χ2v) is 9.19. The number of nitrogens with zero attached hydrogens (tertiary/aromatic N) is 2. The number of rotatable bonds is 2. The molecule has 2 aromatic rings. The SMILES string of the molecule is CN1CCC2(CCN(c3ccc4c(c3)CCCc3c-4[nH]c(=O)c(C(=O)O)c3O)C2)C1.Cl. The maximum atomic E-state index is 12.3. The van der Waals surface area contributed by atoms with Gasteiger partial charge in [-0.25, -0.2) is 4.79 Å². The lowest BCUT2D eigenvalue weighted by Gasteiger charge is -2.25. The number of H-pyrrole nitrogens is 1. The first-order valence-electron chi connectivity index (χ1n) is 10.7. The van der Waals surface area contributed by atoms with Gasteiger partial charge in [0.1, 0.15) is 5.75 Å². The Bertz CT molecular complexity index is 1100. The van der Waals surface area contributed by atoms with Crippen molar-refractivity contribution in [3.8, 4) is 17.0 Å². The number of likely N-dealkylation sites (tertiary alicyclic amines) is 1. The van der Waals surface area contributed by atoms with E-state index in [4.69, 9.17) is 0 Å². The molecular formula is C23H28ClN3O4. The maximum Gasteiger partial charge on any atom is 0.345 e. The van der Waals surface area contributed by atoms with Crippen molar-refractivity contribution < 1.29 is 15.0 Å². The summed E-state index contributed by atoms with van der Waals surface area (Å²) in [5.74, 6) is -1.80. The van der Waals surface area contributed by atoms with Crippen molar-refractivity contribution in [2.75, 3.05) is 38.1 Å². The molecule has 2 fully saturated rings. The van der Waals surface area contributed by atoms with Crippen LogP contribution >= 0.6 is 12.4 Å². The summed E-state index contributed by atoms with van der Waals surface area (Å²) in [6.45, 7) is 4.47. The largest absolute Gasteiger partial charge is 0.506 e. The zero-order chi connectivity index (χ0) is 21.0. The summed E-state index contributed by atoms with van der Waals surface area (Å²) in [7, 11) is 2.20. The molecule has 2 saturated heterocycles. The number of nitrogens with one attached hydrogen (secondary N) is 1. The lowest BCUT2D eigenvalue weighted by atomic mass is 9.86. The van der Waals surface area contributed by atoms with Crippen LogP contribution < -0.4 is 10.5 Å². The quantitative estimate of drug-likeness (QED) is 0.657. The van der Waals surface area contributed by atoms with Gasteiger partial charge < -0.3 is 25.0 Å². The van der Waals surface area contributed by atoms with Crippen molar-refractivity contribution in [3.05, 3.63) is 45.2 Å². The van der Waals surface area contributed by atoms with Crippen molar-refractivity contribution in [2.45, 2.75) is 32.1 Å². The number of aryl methyl sites for hydroxylation is 1. The molecule has 7 nitrogen and oxygen atoms in total. The molecule has 1 aromatic heterocycles. The van der Waals surface area contributed by atoms with Crippen molar-refractivity contribution in [2.24, 2.45) is 5.41 Å². The van der Waals surface area contributed by atoms with Crippen LogP contribution in [0.3, 0.4) is 0 Å². The van der Waals surface area contributed by atoms with Crippen molar-refractivity contribution in [1.82, 2.24) is 9.88 Å². The van der Waals surface area contributed by atoms with Gasteiger partial charge in [0.15, 0.2) is 5.56 Å². The normalized spacial score (nSPS) is 22.7. The first-order chi connectivity index (χ1) is 14.4. The Morgan fingerprint density at radius 2 is 1.94 bits per heavy atom. The van der Waals surface area contributed by atoms with Crippen LogP contribution in [-0.4, -0.2) is 59.3 Å². The number of fused-ring (bicyclic) bond motifs is 3. The smallest absolute Gasteiger partial charge is 0.345 e. The molecule has 8 heteroatoms. The minimum atomic E-state index is -1.41. The third kappa shape index (κ3) is 3.59. The van der Waals surface area contributed by atoms with E-state index in [9.17, 15) is 19.8 Å². The van der Waals surface area contributed by atoms with E-state index in [1.807, 2.05) is 6.07 Å². The van der Waals surface area contributed by atoms with Gasteiger partial charge >= 0.3 is 5.97 Å². The number of aromatic carboxylic acids is 1. The number of carboxylic acid groups (broad SMARTS) is 1. The highest BCUT2D eigenvalue weighted by atomic mass is 35.5. The number of benzene rings is 1. The monoisotopic (exact) mass is 445 g/mol. The number of hydrogen-bond acceptors (Lipinski definition) is 5. The molecule has 5 rings (SSSR count). The fraction of sp³-hybridized carbons (Fsp3) is 0.478. The van der Waals surface area contributed by atoms with Crippen molar-refractivity contribution in [3.63, 3.8) is 0 Å². The minimum Gasteiger partial charge on any atom is -0.506 e. The molecule has 166 valence electrons. The van der Waals surface area contributed by atoms with Gasteiger partial charge in [-0.05, 0) is 63.4 Å². The first kappa shape index (κ1) is 21.7. The van der Waals surface area contributed by atoms with Crippen LogP contribution in [0.25, 0.3) is 11.3 Å². The van der Waals surface area contributed by atoms with E-state index in [2.05, 4.69) is 34.0 Å². The number of halogens is 1. The number of anilines is 1. The van der Waals surface area contributed by atoms with Crippen molar-refractivity contribution >= 4 is 24.1 Å². The zero-order valence-corrected chi connectivity index (χ0v) is 18.4. The zero-order valence-electron chi connectivity index (χ0n) is 17.6. The fourth-order valence-corrected chi connectivity index (χ4v) is 5.63. The highest BCUT2D eigenvalue weighted by molar-refractivity contribution is 5.92. The molecule has 1 spiro atoms. The Morgan fingerprint density at radius 1 is 1.16 bits per heavy atom. The van der Waals surface area contributed by atoms with Crippen LogP contribution in [0.4, 0.5) is 5.69 Å². The molecule has 0 saturated carbocycles. The first-order valence-corrected chi connectivity index (χ1v) is 10.7. The van der Waals surface area contributed by atoms with E-state index < -0.39 is 22.8 Å². The molecule has 0 radical (unpaired) electrons.